The summed E-state index contributed by atoms with van der Waals surface area (Å²) in [5.74, 6) is 0.0148. The number of likely N-dealkylation sites (tertiary alicyclic amines) is 1. The molecule has 4 amide bonds. The maximum Gasteiger partial charge on any atom is 0.246 e. The molecule has 0 saturated carbocycles. The molecule has 0 radical (unpaired) electrons. The number of nitrogens with one attached hydrogen (secondary N) is 3. The lowest BCUT2D eigenvalue weighted by Gasteiger charge is -2.35. The minimum Gasteiger partial charge on any atom is -0.391 e. The molecule has 9 rings (SSSR count). The van der Waals surface area contributed by atoms with E-state index in [0.29, 0.717) is 23.9 Å². The van der Waals surface area contributed by atoms with Crippen LogP contribution < -0.4 is 16.0 Å². The van der Waals surface area contributed by atoms with Crippen LogP contribution in [0, 0.1) is 33.1 Å². The van der Waals surface area contributed by atoms with Gasteiger partial charge in [-0.3, -0.25) is 28.7 Å². The number of fused-ring (bicyclic) bond motifs is 3. The average Bonchev–Trinajstić information content (AvgIpc) is 4.21. The van der Waals surface area contributed by atoms with E-state index in [2.05, 4.69) is 50.0 Å². The van der Waals surface area contributed by atoms with Gasteiger partial charge in [0.2, 0.25) is 23.6 Å². The Labute approximate surface area is 443 Å². The lowest BCUT2D eigenvalue weighted by Crippen LogP contribution is -2.58. The normalized spacial score (nSPS) is 17.2. The molecule has 19 heteroatoms. The minimum atomic E-state index is -0.962. The molecule has 74 heavy (non-hydrogen) atoms. The predicted octanol–water partition coefficient (Wildman–Crippen LogP) is 8.21. The number of carbonyl (C=O) groups is 4. The number of thiophene rings is 1. The Hall–Kier alpha value is -6.86. The quantitative estimate of drug-likeness (QED) is 0.0781. The van der Waals surface area contributed by atoms with Crippen LogP contribution in [0.5, 0.6) is 0 Å². The van der Waals surface area contributed by atoms with Gasteiger partial charge in [0.15, 0.2) is 5.82 Å². The van der Waals surface area contributed by atoms with Crippen LogP contribution in [0.3, 0.4) is 0 Å². The SMILES string of the molecule is Cc1ncsc1-c1ccc([C@H](C)NC(=O)[C@@H]2C[C@@H](O)CN2C(=O)[C@@H](NC(=O)Cc2ccc(-c3cn(CCNC(=O)C[C@@H]4N=C(c5ccc(Cl)cc5)c5c(sc(C)c5C)-n5c(C)nnc54)cn3)cc2)C(C)(C)C)cc1. The first kappa shape index (κ1) is 52.0. The predicted molar refractivity (Wildman–Crippen MR) is 289 cm³/mol. The second-order valence-corrected chi connectivity index (χ2v) is 22.7. The van der Waals surface area contributed by atoms with Gasteiger partial charge < -0.3 is 30.5 Å². The highest BCUT2D eigenvalue weighted by atomic mass is 35.5. The molecule has 0 spiro atoms. The zero-order valence-electron chi connectivity index (χ0n) is 42.6. The molecule has 4 aromatic heterocycles. The third kappa shape index (κ3) is 11.1. The summed E-state index contributed by atoms with van der Waals surface area (Å²) in [6.07, 6.45) is 2.91. The van der Waals surface area contributed by atoms with E-state index in [4.69, 9.17) is 16.6 Å². The van der Waals surface area contributed by atoms with Gasteiger partial charge in [-0.15, -0.1) is 32.9 Å². The van der Waals surface area contributed by atoms with E-state index in [-0.39, 0.29) is 49.6 Å². The molecule has 0 unspecified atom stereocenters. The molecule has 5 atom stereocenters. The molecule has 0 aliphatic carbocycles. The Morgan fingerprint density at radius 2 is 1.58 bits per heavy atom. The second-order valence-electron chi connectivity index (χ2n) is 20.2. The van der Waals surface area contributed by atoms with Crippen LogP contribution in [-0.2, 0) is 32.1 Å². The van der Waals surface area contributed by atoms with Crippen molar-refractivity contribution < 1.29 is 24.3 Å². The fraction of sp³-hybridized carbons (Fsp3) is 0.364. The smallest absolute Gasteiger partial charge is 0.246 e. The van der Waals surface area contributed by atoms with Crippen molar-refractivity contribution in [2.24, 2.45) is 10.4 Å². The number of hydrogen-bond donors (Lipinski definition) is 4. The van der Waals surface area contributed by atoms with Crippen molar-refractivity contribution in [1.29, 1.82) is 0 Å². The van der Waals surface area contributed by atoms with Crippen LogP contribution >= 0.6 is 34.3 Å². The number of rotatable bonds is 15. The van der Waals surface area contributed by atoms with Crippen LogP contribution in [0.15, 0.2) is 95.8 Å². The first-order chi connectivity index (χ1) is 35.3. The molecular formula is C55H60ClN11O5S2. The molecule has 0 bridgehead atoms. The molecule has 1 fully saturated rings. The number of imidazole rings is 1. The summed E-state index contributed by atoms with van der Waals surface area (Å²) in [6.45, 7) is 16.3. The number of carbonyl (C=O) groups excluding carboxylic acids is 4. The Morgan fingerprint density at radius 3 is 2.27 bits per heavy atom. The van der Waals surface area contributed by atoms with Gasteiger partial charge in [0.05, 0.1) is 58.8 Å². The number of aryl methyl sites for hydroxylation is 3. The lowest BCUT2D eigenvalue weighted by atomic mass is 9.85. The number of aliphatic hydroxyl groups excluding tert-OH is 1. The van der Waals surface area contributed by atoms with Gasteiger partial charge in [-0.25, -0.2) is 9.97 Å². The van der Waals surface area contributed by atoms with Crippen LogP contribution in [-0.4, -0.2) is 99.9 Å². The van der Waals surface area contributed by atoms with Crippen molar-refractivity contribution in [1.82, 2.24) is 50.1 Å². The number of halogens is 1. The monoisotopic (exact) mass is 1050 g/mol. The number of aliphatic imine (C=N–C) groups is 1. The summed E-state index contributed by atoms with van der Waals surface area (Å²) in [7, 11) is 0. The number of benzene rings is 3. The van der Waals surface area contributed by atoms with Gasteiger partial charge in [-0.2, -0.15) is 0 Å². The second kappa shape index (κ2) is 21.5. The number of hydrogen-bond acceptors (Lipinski definition) is 12. The van der Waals surface area contributed by atoms with E-state index >= 15 is 0 Å². The van der Waals surface area contributed by atoms with Crippen LogP contribution in [0.2, 0.25) is 5.02 Å². The van der Waals surface area contributed by atoms with E-state index < -0.39 is 35.6 Å². The fourth-order valence-corrected chi connectivity index (χ4v) is 11.7. The Balaban J connectivity index is 0.785. The van der Waals surface area contributed by atoms with Crippen molar-refractivity contribution >= 4 is 63.6 Å². The molecule has 1 saturated heterocycles. The van der Waals surface area contributed by atoms with E-state index in [1.165, 1.54) is 9.78 Å². The van der Waals surface area contributed by atoms with E-state index in [0.717, 1.165) is 71.7 Å². The average molecular weight is 1050 g/mol. The molecule has 4 N–H and O–H groups in total. The zero-order valence-corrected chi connectivity index (χ0v) is 45.0. The summed E-state index contributed by atoms with van der Waals surface area (Å²) in [4.78, 5) is 73.1. The molecule has 2 aliphatic heterocycles. The zero-order chi connectivity index (χ0) is 52.6. The first-order valence-electron chi connectivity index (χ1n) is 24.7. The number of amides is 4. The topological polar surface area (TPSA) is 202 Å². The van der Waals surface area contributed by atoms with E-state index in [1.807, 2.05) is 135 Å². The summed E-state index contributed by atoms with van der Waals surface area (Å²) < 4.78 is 3.93. The van der Waals surface area contributed by atoms with Gasteiger partial charge in [-0.1, -0.05) is 93.0 Å². The maximum absolute atomic E-state index is 14.3. The van der Waals surface area contributed by atoms with Crippen molar-refractivity contribution in [2.75, 3.05) is 13.1 Å². The molecule has 6 heterocycles. The van der Waals surface area contributed by atoms with Crippen LogP contribution in [0.25, 0.3) is 26.7 Å². The van der Waals surface area contributed by atoms with Gasteiger partial charge in [-0.05, 0) is 74.4 Å². The molecule has 3 aromatic carbocycles. The summed E-state index contributed by atoms with van der Waals surface area (Å²) >= 11 is 9.50. The number of aromatic nitrogens is 6. The highest BCUT2D eigenvalue weighted by molar-refractivity contribution is 7.15. The maximum atomic E-state index is 14.3. The minimum absolute atomic E-state index is 0.0144. The van der Waals surface area contributed by atoms with E-state index in [1.54, 1.807) is 29.0 Å². The first-order valence-corrected chi connectivity index (χ1v) is 26.7. The highest BCUT2D eigenvalue weighted by Crippen LogP contribution is 2.40. The standard InChI is InChI=1S/C55H60ClN11O5S2/c1-30-33(4)74-54-47(30)48(38-17-19-40(56)20-18-38)61-42(51-64-63-34(5)67(51)54)25-45(69)57-21-22-65-27-43(58-28-65)37-11-9-35(10-12-37)23-46(70)62-50(55(6,7)8)53(72)66-26-41(68)24-44(66)52(71)60-31(2)36-13-15-39(16-14-36)49-32(3)59-29-73-49/h9-20,27-29,31,41-42,44,50,68H,21-26H2,1-8H3,(H,57,69)(H,60,71)(H,62,70)/t31-,41+,42-,44-,50+/m0/s1. The molecular weight excluding hydrogens is 994 g/mol. The molecule has 7 aromatic rings. The van der Waals surface area contributed by atoms with Crippen LogP contribution in [0.1, 0.15) is 103 Å². The molecule has 2 aliphatic rings. The van der Waals surface area contributed by atoms with Gasteiger partial charge in [0.1, 0.15) is 29.0 Å². The van der Waals surface area contributed by atoms with Crippen LogP contribution in [0.4, 0.5) is 0 Å². The summed E-state index contributed by atoms with van der Waals surface area (Å²) in [5, 5.41) is 30.3. The lowest BCUT2D eigenvalue weighted by molar-refractivity contribution is -0.144. The van der Waals surface area contributed by atoms with E-state index in [9.17, 15) is 24.3 Å². The third-order valence-electron chi connectivity index (χ3n) is 13.7. The number of nitrogens with zero attached hydrogens (tertiary/aromatic N) is 8. The van der Waals surface area contributed by atoms with Gasteiger partial charge in [0.25, 0.3) is 0 Å². The Morgan fingerprint density at radius 1 is 0.878 bits per heavy atom. The number of aliphatic hydroxyl groups is 1. The van der Waals surface area contributed by atoms with Gasteiger partial charge in [0, 0.05) is 58.8 Å². The fourth-order valence-electron chi connectivity index (χ4n) is 9.54. The Kier molecular flexibility index (Phi) is 15.1. The number of thiazole rings is 1. The largest absolute Gasteiger partial charge is 0.391 e. The Bertz CT molecular complexity index is 3240. The van der Waals surface area contributed by atoms with Crippen molar-refractivity contribution in [2.45, 2.75) is 111 Å². The van der Waals surface area contributed by atoms with Crippen molar-refractivity contribution in [3.8, 4) is 26.7 Å². The van der Waals surface area contributed by atoms with Crippen molar-refractivity contribution in [3.63, 3.8) is 0 Å². The molecule has 16 nitrogen and oxygen atoms in total. The highest BCUT2D eigenvalue weighted by Gasteiger charge is 2.45. The molecule has 384 valence electrons. The summed E-state index contributed by atoms with van der Waals surface area (Å²) in [6, 6.07) is 20.2. The third-order valence-corrected chi connectivity index (χ3v) is 16.2. The van der Waals surface area contributed by atoms with Crippen molar-refractivity contribution in [3.05, 3.63) is 146 Å². The van der Waals surface area contributed by atoms with Gasteiger partial charge >= 0.3 is 0 Å². The summed E-state index contributed by atoms with van der Waals surface area (Å²) in [5.41, 5.74) is 10.1. The number of β-amino-alcohol motifs (C(OH)–C–C–N with tert-alkyl or cyclic N) is 1.